The first-order valence-corrected chi connectivity index (χ1v) is 6.28. The number of nitrogens with one attached hydrogen (secondary N) is 1. The van der Waals surface area contributed by atoms with Crippen molar-refractivity contribution in [2.24, 2.45) is 0 Å². The van der Waals surface area contributed by atoms with Gasteiger partial charge >= 0.3 is 0 Å². The molecule has 1 rings (SSSR count). The van der Waals surface area contributed by atoms with Crippen LogP contribution in [0.1, 0.15) is 40.0 Å². The second-order valence-electron chi connectivity index (χ2n) is 4.86. The highest BCUT2D eigenvalue weighted by molar-refractivity contribution is 4.81. The van der Waals surface area contributed by atoms with E-state index in [0.717, 1.165) is 6.42 Å². The van der Waals surface area contributed by atoms with Gasteiger partial charge in [0.15, 0.2) is 0 Å². The molecule has 0 aliphatic carbocycles. The Labute approximate surface area is 93.9 Å². The molecule has 1 fully saturated rings. The molecule has 1 heterocycles. The van der Waals surface area contributed by atoms with Gasteiger partial charge in [-0.15, -0.1) is 0 Å². The van der Waals surface area contributed by atoms with Gasteiger partial charge < -0.3 is 15.3 Å². The second kappa shape index (κ2) is 6.46. The van der Waals surface area contributed by atoms with Gasteiger partial charge in [-0.3, -0.25) is 0 Å². The van der Waals surface area contributed by atoms with Crippen LogP contribution in [0.15, 0.2) is 0 Å². The van der Waals surface area contributed by atoms with E-state index in [-0.39, 0.29) is 6.61 Å². The molecular formula is C12H26N2O. The number of likely N-dealkylation sites (tertiary alicyclic amines) is 1. The maximum Gasteiger partial charge on any atom is 0.0584 e. The third-order valence-corrected chi connectivity index (χ3v) is 3.44. The van der Waals surface area contributed by atoms with E-state index >= 15 is 0 Å². The lowest BCUT2D eigenvalue weighted by Crippen LogP contribution is -2.48. The number of piperidine rings is 1. The van der Waals surface area contributed by atoms with Gasteiger partial charge in [-0.25, -0.2) is 0 Å². The molecule has 3 nitrogen and oxygen atoms in total. The summed E-state index contributed by atoms with van der Waals surface area (Å²) in [6, 6.07) is 1.57. The topological polar surface area (TPSA) is 35.5 Å². The molecule has 1 aliphatic rings. The normalized spacial score (nSPS) is 22.2. The molecule has 0 spiro atoms. The van der Waals surface area contributed by atoms with Gasteiger partial charge in [0.25, 0.3) is 0 Å². The van der Waals surface area contributed by atoms with Crippen molar-refractivity contribution >= 4 is 0 Å². The first kappa shape index (κ1) is 12.9. The van der Waals surface area contributed by atoms with E-state index in [2.05, 4.69) is 31.0 Å². The third-order valence-electron chi connectivity index (χ3n) is 3.44. The number of aliphatic hydroxyl groups is 1. The van der Waals surface area contributed by atoms with Crippen LogP contribution in [0, 0.1) is 0 Å². The van der Waals surface area contributed by atoms with E-state index < -0.39 is 0 Å². The van der Waals surface area contributed by atoms with E-state index in [1.54, 1.807) is 0 Å². The summed E-state index contributed by atoms with van der Waals surface area (Å²) in [5, 5.41) is 12.7. The fraction of sp³-hybridized carbons (Fsp3) is 1.00. The lowest BCUT2D eigenvalue weighted by atomic mass is 10.0. The molecule has 0 aromatic heterocycles. The molecule has 0 radical (unpaired) electrons. The average Bonchev–Trinajstić information content (AvgIpc) is 2.26. The van der Waals surface area contributed by atoms with Crippen molar-refractivity contribution in [3.63, 3.8) is 0 Å². The molecule has 0 saturated carbocycles. The highest BCUT2D eigenvalue weighted by Crippen LogP contribution is 2.13. The Morgan fingerprint density at radius 3 is 2.33 bits per heavy atom. The van der Waals surface area contributed by atoms with Crippen molar-refractivity contribution in [3.05, 3.63) is 0 Å². The zero-order valence-electron chi connectivity index (χ0n) is 10.4. The molecule has 3 heteroatoms. The highest BCUT2D eigenvalue weighted by atomic mass is 16.3. The summed E-state index contributed by atoms with van der Waals surface area (Å²) >= 11 is 0. The molecule has 1 unspecified atom stereocenters. The van der Waals surface area contributed by atoms with Crippen LogP contribution in [0.5, 0.6) is 0 Å². The van der Waals surface area contributed by atoms with Gasteiger partial charge in [-0.1, -0.05) is 6.92 Å². The smallest absolute Gasteiger partial charge is 0.0584 e. The van der Waals surface area contributed by atoms with Crippen molar-refractivity contribution in [1.29, 1.82) is 0 Å². The molecule has 0 amide bonds. The van der Waals surface area contributed by atoms with Crippen LogP contribution in [-0.4, -0.2) is 47.8 Å². The van der Waals surface area contributed by atoms with E-state index in [1.807, 2.05) is 0 Å². The summed E-state index contributed by atoms with van der Waals surface area (Å²) in [6.45, 7) is 9.29. The van der Waals surface area contributed by atoms with Crippen LogP contribution in [0.4, 0.5) is 0 Å². The largest absolute Gasteiger partial charge is 0.395 e. The number of aliphatic hydroxyl groups excluding tert-OH is 1. The van der Waals surface area contributed by atoms with Crippen LogP contribution >= 0.6 is 0 Å². The highest BCUT2D eigenvalue weighted by Gasteiger charge is 2.21. The summed E-state index contributed by atoms with van der Waals surface area (Å²) in [5.74, 6) is 0. The Balaban J connectivity index is 2.25. The summed E-state index contributed by atoms with van der Waals surface area (Å²) in [5.41, 5.74) is 0. The SMILES string of the molecule is CCC(CO)NC1CCN(C(C)C)CC1. The molecule has 1 aliphatic heterocycles. The summed E-state index contributed by atoms with van der Waals surface area (Å²) in [4.78, 5) is 2.53. The minimum absolute atomic E-state index is 0.265. The zero-order valence-corrected chi connectivity index (χ0v) is 10.4. The van der Waals surface area contributed by atoms with E-state index in [4.69, 9.17) is 5.11 Å². The lowest BCUT2D eigenvalue weighted by Gasteiger charge is -2.36. The Kier molecular flexibility index (Phi) is 5.58. The third kappa shape index (κ3) is 4.09. The lowest BCUT2D eigenvalue weighted by molar-refractivity contribution is 0.145. The molecule has 90 valence electrons. The van der Waals surface area contributed by atoms with E-state index in [1.165, 1.54) is 25.9 Å². The molecule has 0 aromatic rings. The zero-order chi connectivity index (χ0) is 11.3. The van der Waals surface area contributed by atoms with Gasteiger partial charge in [-0.2, -0.15) is 0 Å². The van der Waals surface area contributed by atoms with Gasteiger partial charge in [0.05, 0.1) is 6.61 Å². The van der Waals surface area contributed by atoms with Crippen molar-refractivity contribution in [2.75, 3.05) is 19.7 Å². The van der Waals surface area contributed by atoms with Crippen molar-refractivity contribution in [3.8, 4) is 0 Å². The molecule has 1 saturated heterocycles. The maximum absolute atomic E-state index is 9.12. The van der Waals surface area contributed by atoms with Crippen LogP contribution in [-0.2, 0) is 0 Å². The summed E-state index contributed by atoms with van der Waals surface area (Å²) in [7, 11) is 0. The predicted octanol–water partition coefficient (Wildman–Crippen LogP) is 1.22. The van der Waals surface area contributed by atoms with Gasteiger partial charge in [-0.05, 0) is 46.2 Å². The Bertz CT molecular complexity index is 161. The summed E-state index contributed by atoms with van der Waals surface area (Å²) in [6.07, 6.45) is 3.45. The van der Waals surface area contributed by atoms with E-state index in [0.29, 0.717) is 18.1 Å². The average molecular weight is 214 g/mol. The fourth-order valence-corrected chi connectivity index (χ4v) is 2.22. The molecule has 2 N–H and O–H groups in total. The predicted molar refractivity (Wildman–Crippen MR) is 64.0 cm³/mol. The Morgan fingerprint density at radius 2 is 1.93 bits per heavy atom. The van der Waals surface area contributed by atoms with Crippen LogP contribution in [0.2, 0.25) is 0 Å². The minimum Gasteiger partial charge on any atom is -0.395 e. The Hall–Kier alpha value is -0.120. The van der Waals surface area contributed by atoms with Crippen molar-refractivity contribution < 1.29 is 5.11 Å². The first-order valence-electron chi connectivity index (χ1n) is 6.28. The number of nitrogens with zero attached hydrogens (tertiary/aromatic N) is 1. The number of hydrogen-bond acceptors (Lipinski definition) is 3. The maximum atomic E-state index is 9.12. The first-order chi connectivity index (χ1) is 7.17. The molecular weight excluding hydrogens is 188 g/mol. The van der Waals surface area contributed by atoms with Gasteiger partial charge in [0, 0.05) is 18.1 Å². The number of rotatable bonds is 5. The second-order valence-corrected chi connectivity index (χ2v) is 4.86. The van der Waals surface area contributed by atoms with Gasteiger partial charge in [0.2, 0.25) is 0 Å². The fourth-order valence-electron chi connectivity index (χ4n) is 2.22. The minimum atomic E-state index is 0.265. The molecule has 1 atom stereocenters. The standard InChI is InChI=1S/C12H26N2O/c1-4-11(9-15)13-12-5-7-14(8-6-12)10(2)3/h10-13,15H,4-9H2,1-3H3. The van der Waals surface area contributed by atoms with Crippen LogP contribution < -0.4 is 5.32 Å². The molecule has 15 heavy (non-hydrogen) atoms. The van der Waals surface area contributed by atoms with Crippen LogP contribution in [0.25, 0.3) is 0 Å². The summed E-state index contributed by atoms with van der Waals surface area (Å²) < 4.78 is 0. The van der Waals surface area contributed by atoms with Gasteiger partial charge in [0.1, 0.15) is 0 Å². The number of hydrogen-bond donors (Lipinski definition) is 2. The Morgan fingerprint density at radius 1 is 1.33 bits per heavy atom. The van der Waals surface area contributed by atoms with Crippen molar-refractivity contribution in [2.45, 2.75) is 58.2 Å². The quantitative estimate of drug-likeness (QED) is 0.722. The van der Waals surface area contributed by atoms with Crippen LogP contribution in [0.3, 0.4) is 0 Å². The van der Waals surface area contributed by atoms with Crippen molar-refractivity contribution in [1.82, 2.24) is 10.2 Å². The van der Waals surface area contributed by atoms with E-state index in [9.17, 15) is 0 Å². The monoisotopic (exact) mass is 214 g/mol. The molecule has 0 aromatic carbocycles. The molecule has 0 bridgehead atoms.